The van der Waals surface area contributed by atoms with Crippen molar-refractivity contribution in [2.75, 3.05) is 0 Å². The van der Waals surface area contributed by atoms with Gasteiger partial charge in [0.2, 0.25) is 0 Å². The molecule has 0 aliphatic heterocycles. The highest BCUT2D eigenvalue weighted by molar-refractivity contribution is 7.99. The molecule has 100 valence electrons. The van der Waals surface area contributed by atoms with Crippen LogP contribution < -0.4 is 0 Å². The van der Waals surface area contributed by atoms with Gasteiger partial charge in [0.25, 0.3) is 0 Å². The van der Waals surface area contributed by atoms with Crippen molar-refractivity contribution in [1.82, 2.24) is 0 Å². The van der Waals surface area contributed by atoms with E-state index in [1.807, 2.05) is 17.8 Å². The van der Waals surface area contributed by atoms with Crippen LogP contribution in [0.2, 0.25) is 0 Å². The summed E-state index contributed by atoms with van der Waals surface area (Å²) in [5.74, 6) is 1.34. The van der Waals surface area contributed by atoms with Crippen LogP contribution in [-0.2, 0) is 10.5 Å². The van der Waals surface area contributed by atoms with Crippen LogP contribution in [0, 0.1) is 0 Å². The second-order valence-corrected chi connectivity index (χ2v) is 6.11. The Labute approximate surface area is 115 Å². The smallest absolute Gasteiger partial charge is 0.130 e. The van der Waals surface area contributed by atoms with Crippen molar-refractivity contribution in [2.24, 2.45) is 0 Å². The maximum Gasteiger partial charge on any atom is 0.130 e. The molecule has 0 amide bonds. The van der Waals surface area contributed by atoms with Gasteiger partial charge in [-0.05, 0) is 18.9 Å². The van der Waals surface area contributed by atoms with Crippen molar-refractivity contribution < 1.29 is 4.79 Å². The van der Waals surface area contributed by atoms with Crippen LogP contribution in [-0.4, -0.2) is 11.0 Å². The molecule has 0 radical (unpaired) electrons. The summed E-state index contributed by atoms with van der Waals surface area (Å²) < 4.78 is 0. The van der Waals surface area contributed by atoms with Crippen LogP contribution in [0.25, 0.3) is 0 Å². The Morgan fingerprint density at radius 1 is 1.22 bits per heavy atom. The summed E-state index contributed by atoms with van der Waals surface area (Å²) in [5.41, 5.74) is 1.35. The maximum atomic E-state index is 11.3. The zero-order valence-electron chi connectivity index (χ0n) is 11.5. The predicted octanol–water partition coefficient (Wildman–Crippen LogP) is 4.85. The molecule has 0 unspecified atom stereocenters. The van der Waals surface area contributed by atoms with E-state index in [-0.39, 0.29) is 0 Å². The number of benzene rings is 1. The average molecular weight is 264 g/mol. The Morgan fingerprint density at radius 3 is 2.56 bits per heavy atom. The zero-order valence-corrected chi connectivity index (χ0v) is 12.3. The lowest BCUT2D eigenvalue weighted by atomic mass is 10.1. The molecule has 0 bridgehead atoms. The molecular formula is C16H24OS. The largest absolute Gasteiger partial charge is 0.300 e. The van der Waals surface area contributed by atoms with Crippen molar-refractivity contribution in [3.63, 3.8) is 0 Å². The van der Waals surface area contributed by atoms with Gasteiger partial charge in [-0.2, -0.15) is 11.8 Å². The number of ketones is 1. The number of unbranched alkanes of at least 4 members (excludes halogenated alkanes) is 2. The van der Waals surface area contributed by atoms with E-state index in [1.165, 1.54) is 31.2 Å². The highest BCUT2D eigenvalue weighted by atomic mass is 32.2. The molecule has 0 fully saturated rings. The third-order valence-corrected chi connectivity index (χ3v) is 4.35. The van der Waals surface area contributed by atoms with Crippen LogP contribution >= 0.6 is 11.8 Å². The summed E-state index contributed by atoms with van der Waals surface area (Å²) >= 11 is 1.93. The van der Waals surface area contributed by atoms with Gasteiger partial charge in [0.15, 0.2) is 0 Å². The van der Waals surface area contributed by atoms with Gasteiger partial charge in [0.05, 0.1) is 0 Å². The minimum Gasteiger partial charge on any atom is -0.300 e. The molecule has 0 saturated carbocycles. The molecule has 1 aromatic rings. The fourth-order valence-corrected chi connectivity index (χ4v) is 3.28. The van der Waals surface area contributed by atoms with Gasteiger partial charge < -0.3 is 0 Å². The van der Waals surface area contributed by atoms with Gasteiger partial charge >= 0.3 is 0 Å². The summed E-state index contributed by atoms with van der Waals surface area (Å²) in [5, 5.41) is 0.495. The lowest BCUT2D eigenvalue weighted by Gasteiger charge is -2.15. The van der Waals surface area contributed by atoms with Crippen LogP contribution in [0.1, 0.15) is 51.5 Å². The summed E-state index contributed by atoms with van der Waals surface area (Å²) in [6.45, 7) is 3.92. The first-order valence-corrected chi connectivity index (χ1v) is 7.92. The van der Waals surface area contributed by atoms with E-state index in [0.29, 0.717) is 11.0 Å². The van der Waals surface area contributed by atoms with E-state index in [2.05, 4.69) is 31.2 Å². The Bertz CT molecular complexity index is 334. The molecule has 0 N–H and O–H groups in total. The third-order valence-electron chi connectivity index (χ3n) is 2.97. The van der Waals surface area contributed by atoms with Crippen LogP contribution in [0.4, 0.5) is 0 Å². The third kappa shape index (κ3) is 6.85. The lowest BCUT2D eigenvalue weighted by Crippen LogP contribution is -2.08. The Kier molecular flexibility index (Phi) is 7.83. The highest BCUT2D eigenvalue weighted by Gasteiger charge is 2.11. The first-order chi connectivity index (χ1) is 8.72. The number of carbonyl (C=O) groups excluding carboxylic acids is 1. The summed E-state index contributed by atoms with van der Waals surface area (Å²) in [7, 11) is 0. The fraction of sp³-hybridized carbons (Fsp3) is 0.562. The van der Waals surface area contributed by atoms with Crippen molar-refractivity contribution in [3.05, 3.63) is 35.9 Å². The topological polar surface area (TPSA) is 17.1 Å². The van der Waals surface area contributed by atoms with Crippen LogP contribution in [0.15, 0.2) is 30.3 Å². The molecule has 0 saturated heterocycles. The fourth-order valence-electron chi connectivity index (χ4n) is 1.98. The Morgan fingerprint density at radius 2 is 1.94 bits per heavy atom. The molecule has 1 aromatic carbocycles. The molecule has 0 aliphatic rings. The van der Waals surface area contributed by atoms with Gasteiger partial charge in [-0.3, -0.25) is 4.79 Å². The predicted molar refractivity (Wildman–Crippen MR) is 81.0 cm³/mol. The van der Waals surface area contributed by atoms with E-state index in [4.69, 9.17) is 0 Å². The molecule has 0 aliphatic carbocycles. The van der Waals surface area contributed by atoms with E-state index in [1.54, 1.807) is 6.92 Å². The molecule has 1 nitrogen and oxygen atoms in total. The highest BCUT2D eigenvalue weighted by Crippen LogP contribution is 2.25. The molecule has 2 heteroatoms. The average Bonchev–Trinajstić information content (AvgIpc) is 2.37. The minimum absolute atomic E-state index is 0.317. The molecule has 0 spiro atoms. The monoisotopic (exact) mass is 264 g/mol. The van der Waals surface area contributed by atoms with Crippen LogP contribution in [0.5, 0.6) is 0 Å². The van der Waals surface area contributed by atoms with Gasteiger partial charge in [-0.1, -0.05) is 56.5 Å². The van der Waals surface area contributed by atoms with E-state index >= 15 is 0 Å². The first-order valence-electron chi connectivity index (χ1n) is 6.87. The molecule has 1 atom stereocenters. The number of carbonyl (C=O) groups is 1. The molecule has 0 aromatic heterocycles. The van der Waals surface area contributed by atoms with Crippen molar-refractivity contribution >= 4 is 17.5 Å². The maximum absolute atomic E-state index is 11.3. The Hall–Kier alpha value is -0.760. The van der Waals surface area contributed by atoms with Crippen LogP contribution in [0.3, 0.4) is 0 Å². The van der Waals surface area contributed by atoms with Crippen molar-refractivity contribution in [2.45, 2.75) is 57.0 Å². The molecular weight excluding hydrogens is 240 g/mol. The number of thioether (sulfide) groups is 1. The number of hydrogen-bond donors (Lipinski definition) is 0. The van der Waals surface area contributed by atoms with Crippen molar-refractivity contribution in [1.29, 1.82) is 0 Å². The minimum atomic E-state index is 0.317. The standard InChI is InChI=1S/C16H24OS/c1-3-4-6-11-16(12-14(2)17)18-13-15-9-7-5-8-10-15/h5,7-10,16H,3-4,6,11-13H2,1-2H3/t16-/m0/s1. The SMILES string of the molecule is CCCCC[C@@H](CC(C)=O)SCc1ccccc1. The van der Waals surface area contributed by atoms with E-state index in [9.17, 15) is 4.79 Å². The lowest BCUT2D eigenvalue weighted by molar-refractivity contribution is -0.117. The summed E-state index contributed by atoms with van der Waals surface area (Å²) in [6, 6.07) is 10.5. The van der Waals surface area contributed by atoms with E-state index in [0.717, 1.165) is 12.2 Å². The quantitative estimate of drug-likeness (QED) is 0.593. The number of Topliss-reactive ketones (excluding diaryl/α,β-unsaturated/α-hetero) is 1. The second-order valence-electron chi connectivity index (χ2n) is 4.82. The van der Waals surface area contributed by atoms with Gasteiger partial charge in [0, 0.05) is 17.4 Å². The van der Waals surface area contributed by atoms with E-state index < -0.39 is 0 Å². The van der Waals surface area contributed by atoms with Gasteiger partial charge in [0.1, 0.15) is 5.78 Å². The summed E-state index contributed by atoms with van der Waals surface area (Å²) in [4.78, 5) is 11.3. The normalized spacial score (nSPS) is 12.3. The molecule has 1 rings (SSSR count). The van der Waals surface area contributed by atoms with Gasteiger partial charge in [-0.15, -0.1) is 0 Å². The van der Waals surface area contributed by atoms with Crippen molar-refractivity contribution in [3.8, 4) is 0 Å². The number of rotatable bonds is 9. The first kappa shape index (κ1) is 15.3. The Balaban J connectivity index is 2.37. The van der Waals surface area contributed by atoms with Gasteiger partial charge in [-0.25, -0.2) is 0 Å². The number of hydrogen-bond acceptors (Lipinski definition) is 2. The molecule has 18 heavy (non-hydrogen) atoms. The summed E-state index contributed by atoms with van der Waals surface area (Å²) in [6.07, 6.45) is 5.67. The second kappa shape index (κ2) is 9.21. The molecule has 0 heterocycles. The zero-order chi connectivity index (χ0) is 13.2.